The maximum absolute atomic E-state index is 11.7. The Bertz CT molecular complexity index is 722. The molecule has 0 aliphatic heterocycles. The van der Waals surface area contributed by atoms with E-state index in [1.807, 2.05) is 63.2 Å². The number of hydrogen-bond donors (Lipinski definition) is 3. The molecule has 0 fully saturated rings. The van der Waals surface area contributed by atoms with Gasteiger partial charge in [0.1, 0.15) is 11.4 Å². The van der Waals surface area contributed by atoms with Gasteiger partial charge in [0.15, 0.2) is 5.96 Å². The molecule has 0 atom stereocenters. The highest BCUT2D eigenvalue weighted by molar-refractivity contribution is 5.79. The van der Waals surface area contributed by atoms with Crippen LogP contribution in [0, 0.1) is 0 Å². The quantitative estimate of drug-likeness (QED) is 0.369. The number of nitrogens with zero attached hydrogens (tertiary/aromatic N) is 1. The van der Waals surface area contributed by atoms with Gasteiger partial charge in [-0.3, -0.25) is 0 Å². The van der Waals surface area contributed by atoms with Crippen LogP contribution in [0.1, 0.15) is 32.1 Å². The number of benzene rings is 1. The van der Waals surface area contributed by atoms with Gasteiger partial charge in [0.05, 0.1) is 12.8 Å². The fourth-order valence-corrected chi connectivity index (χ4v) is 2.35. The van der Waals surface area contributed by atoms with Gasteiger partial charge in [-0.05, 0) is 38.5 Å². The van der Waals surface area contributed by atoms with Crippen LogP contribution in [-0.2, 0) is 17.7 Å². The number of nitrogens with one attached hydrogen (secondary N) is 3. The summed E-state index contributed by atoms with van der Waals surface area (Å²) in [5.74, 6) is 1.60. The number of guanidine groups is 1. The second kappa shape index (κ2) is 11.0. The molecule has 28 heavy (non-hydrogen) atoms. The number of amides is 1. The van der Waals surface area contributed by atoms with Gasteiger partial charge in [0.25, 0.3) is 0 Å². The van der Waals surface area contributed by atoms with Gasteiger partial charge in [-0.25, -0.2) is 9.79 Å². The zero-order chi connectivity index (χ0) is 20.2. The molecular formula is C21H30N4O3. The minimum Gasteiger partial charge on any atom is -0.469 e. The van der Waals surface area contributed by atoms with Crippen molar-refractivity contribution in [2.75, 3.05) is 19.6 Å². The highest BCUT2D eigenvalue weighted by atomic mass is 16.6. The number of ether oxygens (including phenoxy) is 1. The van der Waals surface area contributed by atoms with Gasteiger partial charge >= 0.3 is 6.09 Å². The molecule has 2 aromatic rings. The largest absolute Gasteiger partial charge is 0.469 e. The summed E-state index contributed by atoms with van der Waals surface area (Å²) in [4.78, 5) is 16.3. The number of carbonyl (C=O) groups is 1. The van der Waals surface area contributed by atoms with Gasteiger partial charge in [-0.1, -0.05) is 30.3 Å². The number of furan rings is 1. The lowest BCUT2D eigenvalue weighted by molar-refractivity contribution is 0.0529. The van der Waals surface area contributed by atoms with Crippen LogP contribution in [0.15, 0.2) is 58.1 Å². The van der Waals surface area contributed by atoms with Crippen molar-refractivity contribution in [3.8, 4) is 0 Å². The Labute approximate surface area is 166 Å². The lowest BCUT2D eigenvalue weighted by Gasteiger charge is -2.20. The lowest BCUT2D eigenvalue weighted by Crippen LogP contribution is -2.43. The Morgan fingerprint density at radius 1 is 1.00 bits per heavy atom. The van der Waals surface area contributed by atoms with Gasteiger partial charge in [0, 0.05) is 26.1 Å². The summed E-state index contributed by atoms with van der Waals surface area (Å²) in [5.41, 5.74) is 0.620. The first-order chi connectivity index (χ1) is 13.4. The monoisotopic (exact) mass is 386 g/mol. The summed E-state index contributed by atoms with van der Waals surface area (Å²) in [5, 5.41) is 9.24. The third-order valence-electron chi connectivity index (χ3n) is 3.59. The molecule has 7 heteroatoms. The molecule has 0 aliphatic rings. The molecule has 3 N–H and O–H groups in total. The van der Waals surface area contributed by atoms with E-state index in [1.54, 1.807) is 6.26 Å². The second-order valence-corrected chi connectivity index (χ2v) is 7.26. The molecule has 0 radical (unpaired) electrons. The highest BCUT2D eigenvalue weighted by Gasteiger charge is 2.15. The van der Waals surface area contributed by atoms with Crippen LogP contribution in [0.25, 0.3) is 0 Å². The van der Waals surface area contributed by atoms with Gasteiger partial charge in [-0.15, -0.1) is 0 Å². The van der Waals surface area contributed by atoms with E-state index in [0.29, 0.717) is 32.1 Å². The zero-order valence-electron chi connectivity index (χ0n) is 16.8. The third kappa shape index (κ3) is 9.12. The van der Waals surface area contributed by atoms with Crippen molar-refractivity contribution >= 4 is 12.1 Å². The van der Waals surface area contributed by atoms with Crippen LogP contribution in [0.4, 0.5) is 4.79 Å². The number of carbonyl (C=O) groups excluding carboxylic acids is 1. The van der Waals surface area contributed by atoms with E-state index in [1.165, 1.54) is 0 Å². The minimum atomic E-state index is -0.507. The van der Waals surface area contributed by atoms with Crippen LogP contribution < -0.4 is 16.0 Å². The molecule has 1 heterocycles. The van der Waals surface area contributed by atoms with Crippen molar-refractivity contribution in [2.45, 2.75) is 39.3 Å². The third-order valence-corrected chi connectivity index (χ3v) is 3.59. The maximum atomic E-state index is 11.7. The summed E-state index contributed by atoms with van der Waals surface area (Å²) < 4.78 is 10.6. The van der Waals surface area contributed by atoms with E-state index in [9.17, 15) is 4.79 Å². The van der Waals surface area contributed by atoms with E-state index in [-0.39, 0.29) is 0 Å². The van der Waals surface area contributed by atoms with Crippen LogP contribution in [0.5, 0.6) is 0 Å². The molecule has 0 bridgehead atoms. The van der Waals surface area contributed by atoms with Gasteiger partial charge in [-0.2, -0.15) is 0 Å². The molecule has 2 rings (SSSR count). The summed E-state index contributed by atoms with van der Waals surface area (Å²) in [7, 11) is 0. The molecule has 152 valence electrons. The number of rotatable bonds is 8. The summed E-state index contributed by atoms with van der Waals surface area (Å²) in [6.07, 6.45) is 2.00. The summed E-state index contributed by atoms with van der Waals surface area (Å²) in [6.45, 7) is 7.72. The van der Waals surface area contributed by atoms with Crippen molar-refractivity contribution in [3.05, 3.63) is 60.1 Å². The lowest BCUT2D eigenvalue weighted by atomic mass is 10.2. The van der Waals surface area contributed by atoms with Gasteiger partial charge < -0.3 is 25.1 Å². The van der Waals surface area contributed by atoms with E-state index in [4.69, 9.17) is 9.15 Å². The molecule has 0 aliphatic carbocycles. The molecule has 0 saturated heterocycles. The smallest absolute Gasteiger partial charge is 0.407 e. The van der Waals surface area contributed by atoms with E-state index in [0.717, 1.165) is 17.7 Å². The Morgan fingerprint density at radius 3 is 2.39 bits per heavy atom. The Balaban J connectivity index is 1.80. The van der Waals surface area contributed by atoms with Crippen molar-refractivity contribution in [1.82, 2.24) is 16.0 Å². The zero-order valence-corrected chi connectivity index (χ0v) is 16.8. The first kappa shape index (κ1) is 21.3. The van der Waals surface area contributed by atoms with Crippen LogP contribution in [-0.4, -0.2) is 37.3 Å². The van der Waals surface area contributed by atoms with Crippen molar-refractivity contribution in [2.24, 2.45) is 4.99 Å². The van der Waals surface area contributed by atoms with Crippen molar-refractivity contribution in [1.29, 1.82) is 0 Å². The number of aliphatic imine (C=N–C) groups is 1. The molecule has 1 amide bonds. The van der Waals surface area contributed by atoms with Crippen LogP contribution in [0.3, 0.4) is 0 Å². The predicted molar refractivity (Wildman–Crippen MR) is 110 cm³/mol. The summed E-state index contributed by atoms with van der Waals surface area (Å²) in [6, 6.07) is 13.9. The first-order valence-corrected chi connectivity index (χ1v) is 9.48. The first-order valence-electron chi connectivity index (χ1n) is 9.48. The van der Waals surface area contributed by atoms with E-state index >= 15 is 0 Å². The molecule has 0 spiro atoms. The Hall–Kier alpha value is -2.96. The van der Waals surface area contributed by atoms with E-state index < -0.39 is 11.7 Å². The molecule has 7 nitrogen and oxygen atoms in total. The SMILES string of the molecule is CC(C)(C)OC(=O)NCCNC(=NCc1ccccc1)NCCc1ccco1. The molecule has 1 aromatic heterocycles. The predicted octanol–water partition coefficient (Wildman–Crippen LogP) is 3.08. The number of alkyl carbamates (subject to hydrolysis) is 1. The second-order valence-electron chi connectivity index (χ2n) is 7.26. The maximum Gasteiger partial charge on any atom is 0.407 e. The minimum absolute atomic E-state index is 0.428. The molecule has 1 aromatic carbocycles. The Morgan fingerprint density at radius 2 is 1.71 bits per heavy atom. The topological polar surface area (TPSA) is 87.9 Å². The van der Waals surface area contributed by atoms with Crippen LogP contribution >= 0.6 is 0 Å². The molecular weight excluding hydrogens is 356 g/mol. The standard InChI is InChI=1S/C21H30N4O3/c1-21(2,3)28-20(26)24-14-13-23-19(22-12-11-18-10-7-15-27-18)25-16-17-8-5-4-6-9-17/h4-10,15H,11-14,16H2,1-3H3,(H,24,26)(H2,22,23,25). The number of hydrogen-bond acceptors (Lipinski definition) is 4. The van der Waals surface area contributed by atoms with Crippen LogP contribution in [0.2, 0.25) is 0 Å². The average molecular weight is 386 g/mol. The fourth-order valence-electron chi connectivity index (χ4n) is 2.35. The van der Waals surface area contributed by atoms with Crippen molar-refractivity contribution in [3.63, 3.8) is 0 Å². The average Bonchev–Trinajstić information content (AvgIpc) is 3.15. The van der Waals surface area contributed by atoms with Gasteiger partial charge in [0.2, 0.25) is 0 Å². The highest BCUT2D eigenvalue weighted by Crippen LogP contribution is 2.06. The van der Waals surface area contributed by atoms with Crippen molar-refractivity contribution < 1.29 is 13.9 Å². The van der Waals surface area contributed by atoms with E-state index in [2.05, 4.69) is 20.9 Å². The normalized spacial score (nSPS) is 11.8. The molecule has 0 saturated carbocycles. The molecule has 0 unspecified atom stereocenters. The fraction of sp³-hybridized carbons (Fsp3) is 0.429. The summed E-state index contributed by atoms with van der Waals surface area (Å²) >= 11 is 0. The Kier molecular flexibility index (Phi) is 8.39.